The molecule has 0 unspecified atom stereocenters. The van der Waals surface area contributed by atoms with Crippen molar-refractivity contribution in [1.82, 2.24) is 16.2 Å². The van der Waals surface area contributed by atoms with Crippen molar-refractivity contribution in [2.45, 2.75) is 13.3 Å². The Morgan fingerprint density at radius 3 is 2.68 bits per heavy atom. The van der Waals surface area contributed by atoms with E-state index in [1.165, 1.54) is 0 Å². The van der Waals surface area contributed by atoms with E-state index in [1.807, 2.05) is 44.1 Å². The largest absolute Gasteiger partial charge is 0.378 e. The van der Waals surface area contributed by atoms with E-state index in [4.69, 9.17) is 12.2 Å². The van der Waals surface area contributed by atoms with Gasteiger partial charge in [-0.2, -0.15) is 0 Å². The number of nitrogens with zero attached hydrogens (tertiary/aromatic N) is 1. The van der Waals surface area contributed by atoms with E-state index in [0.717, 1.165) is 18.7 Å². The number of benzene rings is 1. The number of thiocarbonyl (C=S) groups is 1. The molecule has 0 fully saturated rings. The smallest absolute Gasteiger partial charge is 0.269 e. The summed E-state index contributed by atoms with van der Waals surface area (Å²) < 4.78 is 0. The number of hydrazine groups is 1. The Bertz CT molecular complexity index is 448. The molecule has 1 amide bonds. The van der Waals surface area contributed by atoms with Crippen molar-refractivity contribution >= 4 is 28.9 Å². The van der Waals surface area contributed by atoms with E-state index >= 15 is 0 Å². The van der Waals surface area contributed by atoms with Crippen LogP contribution in [0.5, 0.6) is 0 Å². The number of nitrogens with one attached hydrogen (secondary N) is 3. The van der Waals surface area contributed by atoms with Crippen molar-refractivity contribution in [2.24, 2.45) is 0 Å². The lowest BCUT2D eigenvalue weighted by Crippen LogP contribution is -2.46. The third kappa shape index (κ3) is 5.13. The van der Waals surface area contributed by atoms with Crippen LogP contribution in [0.25, 0.3) is 0 Å². The molecule has 19 heavy (non-hydrogen) atoms. The van der Waals surface area contributed by atoms with Crippen LogP contribution in [0.15, 0.2) is 24.3 Å². The summed E-state index contributed by atoms with van der Waals surface area (Å²) in [6.07, 6.45) is 0.973. The fourth-order valence-corrected chi connectivity index (χ4v) is 1.55. The number of hydrogen-bond donors (Lipinski definition) is 3. The maximum absolute atomic E-state index is 11.9. The van der Waals surface area contributed by atoms with Crippen LogP contribution in [0.1, 0.15) is 23.7 Å². The van der Waals surface area contributed by atoms with Gasteiger partial charge in [0, 0.05) is 31.9 Å². The van der Waals surface area contributed by atoms with Crippen LogP contribution >= 0.6 is 12.2 Å². The van der Waals surface area contributed by atoms with Crippen molar-refractivity contribution in [3.63, 3.8) is 0 Å². The van der Waals surface area contributed by atoms with E-state index in [-0.39, 0.29) is 5.91 Å². The van der Waals surface area contributed by atoms with E-state index < -0.39 is 0 Å². The Balaban J connectivity index is 2.54. The van der Waals surface area contributed by atoms with Crippen LogP contribution in [0, 0.1) is 0 Å². The van der Waals surface area contributed by atoms with Gasteiger partial charge in [0.05, 0.1) is 0 Å². The first-order valence-electron chi connectivity index (χ1n) is 6.16. The van der Waals surface area contributed by atoms with Gasteiger partial charge in [-0.15, -0.1) is 0 Å². The summed E-state index contributed by atoms with van der Waals surface area (Å²) in [7, 11) is 3.86. The summed E-state index contributed by atoms with van der Waals surface area (Å²) in [6, 6.07) is 7.36. The minimum Gasteiger partial charge on any atom is -0.378 e. The van der Waals surface area contributed by atoms with Crippen molar-refractivity contribution in [1.29, 1.82) is 0 Å². The first-order chi connectivity index (χ1) is 9.04. The number of anilines is 1. The van der Waals surface area contributed by atoms with Crippen molar-refractivity contribution < 1.29 is 4.79 Å². The Labute approximate surface area is 119 Å². The summed E-state index contributed by atoms with van der Waals surface area (Å²) in [6.45, 7) is 2.82. The zero-order valence-electron chi connectivity index (χ0n) is 11.5. The molecule has 1 aromatic rings. The number of carbonyl (C=O) groups excluding carboxylic acids is 1. The molecule has 1 aromatic carbocycles. The first kappa shape index (κ1) is 15.2. The number of carbonyl (C=O) groups is 1. The monoisotopic (exact) mass is 280 g/mol. The average molecular weight is 280 g/mol. The topological polar surface area (TPSA) is 56.4 Å². The normalized spacial score (nSPS) is 9.63. The van der Waals surface area contributed by atoms with E-state index in [9.17, 15) is 4.79 Å². The highest BCUT2D eigenvalue weighted by Gasteiger charge is 2.06. The SMILES string of the molecule is CCCNC(=S)NNC(=O)c1cccc(N(C)C)c1. The highest BCUT2D eigenvalue weighted by molar-refractivity contribution is 7.80. The lowest BCUT2D eigenvalue weighted by Gasteiger charge is -2.14. The van der Waals surface area contributed by atoms with Gasteiger partial charge in [0.1, 0.15) is 0 Å². The van der Waals surface area contributed by atoms with Crippen molar-refractivity contribution in [3.05, 3.63) is 29.8 Å². The fourth-order valence-electron chi connectivity index (χ4n) is 1.39. The summed E-state index contributed by atoms with van der Waals surface area (Å²) in [5, 5.41) is 3.38. The molecular formula is C13H20N4OS. The van der Waals surface area contributed by atoms with Crippen molar-refractivity contribution in [2.75, 3.05) is 25.5 Å². The van der Waals surface area contributed by atoms with Gasteiger partial charge in [0.15, 0.2) is 5.11 Å². The Morgan fingerprint density at radius 1 is 1.32 bits per heavy atom. The third-order valence-electron chi connectivity index (χ3n) is 2.45. The van der Waals surface area contributed by atoms with Crippen LogP contribution in [0.3, 0.4) is 0 Å². The van der Waals surface area contributed by atoms with Gasteiger partial charge in [-0.25, -0.2) is 0 Å². The molecule has 104 valence electrons. The highest BCUT2D eigenvalue weighted by atomic mass is 32.1. The molecule has 0 saturated heterocycles. The van der Waals surface area contributed by atoms with Gasteiger partial charge in [-0.1, -0.05) is 13.0 Å². The molecule has 0 spiro atoms. The summed E-state index contributed by atoms with van der Waals surface area (Å²) in [5.74, 6) is -0.218. The second-order valence-corrected chi connectivity index (χ2v) is 4.69. The van der Waals surface area contributed by atoms with Crippen LogP contribution in [-0.4, -0.2) is 31.7 Å². The highest BCUT2D eigenvalue weighted by Crippen LogP contribution is 2.12. The fraction of sp³-hybridized carbons (Fsp3) is 0.385. The predicted octanol–water partition coefficient (Wildman–Crippen LogP) is 1.27. The van der Waals surface area contributed by atoms with Crippen LogP contribution in [0.2, 0.25) is 0 Å². The molecular weight excluding hydrogens is 260 g/mol. The zero-order chi connectivity index (χ0) is 14.3. The van der Waals surface area contributed by atoms with Crippen LogP contribution in [0.4, 0.5) is 5.69 Å². The van der Waals surface area contributed by atoms with Gasteiger partial charge >= 0.3 is 0 Å². The maximum Gasteiger partial charge on any atom is 0.269 e. The van der Waals surface area contributed by atoms with Gasteiger partial charge in [0.25, 0.3) is 5.91 Å². The molecule has 0 aliphatic rings. The molecule has 0 aliphatic heterocycles. The van der Waals surface area contributed by atoms with E-state index in [2.05, 4.69) is 16.2 Å². The second-order valence-electron chi connectivity index (χ2n) is 4.28. The molecule has 0 atom stereocenters. The number of amides is 1. The van der Waals surface area contributed by atoms with Crippen LogP contribution in [-0.2, 0) is 0 Å². The molecule has 0 radical (unpaired) electrons. The number of hydrogen-bond acceptors (Lipinski definition) is 3. The van der Waals surface area contributed by atoms with Gasteiger partial charge in [-0.05, 0) is 36.8 Å². The maximum atomic E-state index is 11.9. The minimum absolute atomic E-state index is 0.218. The summed E-state index contributed by atoms with van der Waals surface area (Å²) in [5.41, 5.74) is 6.79. The van der Waals surface area contributed by atoms with Gasteiger partial charge in [-0.3, -0.25) is 15.6 Å². The molecule has 0 bridgehead atoms. The first-order valence-corrected chi connectivity index (χ1v) is 6.57. The molecule has 0 aliphatic carbocycles. The third-order valence-corrected chi connectivity index (χ3v) is 2.70. The van der Waals surface area contributed by atoms with Gasteiger partial charge in [0.2, 0.25) is 0 Å². The summed E-state index contributed by atoms with van der Waals surface area (Å²) in [4.78, 5) is 13.9. The lowest BCUT2D eigenvalue weighted by molar-refractivity contribution is 0.0943. The molecule has 3 N–H and O–H groups in total. The molecule has 1 rings (SSSR count). The molecule has 6 heteroatoms. The Morgan fingerprint density at radius 2 is 2.05 bits per heavy atom. The average Bonchev–Trinajstić information content (AvgIpc) is 2.42. The predicted molar refractivity (Wildman–Crippen MR) is 82.3 cm³/mol. The molecule has 0 aromatic heterocycles. The Kier molecular flexibility index (Phi) is 6.08. The molecule has 0 heterocycles. The quantitative estimate of drug-likeness (QED) is 0.573. The second kappa shape index (κ2) is 7.58. The Hall–Kier alpha value is -1.82. The van der Waals surface area contributed by atoms with Crippen molar-refractivity contribution in [3.8, 4) is 0 Å². The van der Waals surface area contributed by atoms with Crippen LogP contribution < -0.4 is 21.1 Å². The standard InChI is InChI=1S/C13H20N4OS/c1-4-8-14-13(19)16-15-12(18)10-6-5-7-11(9-10)17(2)3/h5-7,9H,4,8H2,1-3H3,(H,15,18)(H2,14,16,19). The van der Waals surface area contributed by atoms with E-state index in [1.54, 1.807) is 6.07 Å². The molecule has 5 nitrogen and oxygen atoms in total. The summed E-state index contributed by atoms with van der Waals surface area (Å²) >= 11 is 5.01. The zero-order valence-corrected chi connectivity index (χ0v) is 12.3. The lowest BCUT2D eigenvalue weighted by atomic mass is 10.2. The number of rotatable bonds is 4. The molecule has 0 saturated carbocycles. The van der Waals surface area contributed by atoms with E-state index in [0.29, 0.717) is 10.7 Å². The van der Waals surface area contributed by atoms with Gasteiger partial charge < -0.3 is 10.2 Å². The minimum atomic E-state index is -0.218.